The molecule has 0 spiro atoms. The summed E-state index contributed by atoms with van der Waals surface area (Å²) in [4.78, 5) is 18.9. The normalized spacial score (nSPS) is 12.6. The van der Waals surface area contributed by atoms with Gasteiger partial charge in [-0.3, -0.25) is 4.79 Å². The molecular weight excluding hydrogens is 292 g/mol. The van der Waals surface area contributed by atoms with Crippen LogP contribution in [0.1, 0.15) is 18.7 Å². The molecule has 84 valence electrons. The third-order valence-corrected chi connectivity index (χ3v) is 3.87. The van der Waals surface area contributed by atoms with Crippen LogP contribution < -0.4 is 0 Å². The van der Waals surface area contributed by atoms with Gasteiger partial charge in [0, 0.05) is 0 Å². The fourth-order valence-electron chi connectivity index (χ4n) is 1.26. The second-order valence-electron chi connectivity index (χ2n) is 3.35. The summed E-state index contributed by atoms with van der Waals surface area (Å²) in [6.07, 6.45) is 1.66. The molecule has 2 heterocycles. The zero-order chi connectivity index (χ0) is 11.7. The molecule has 2 N–H and O–H groups in total. The highest BCUT2D eigenvalue weighted by Crippen LogP contribution is 2.30. The Morgan fingerprint density at radius 3 is 2.94 bits per heavy atom. The van der Waals surface area contributed by atoms with Crippen LogP contribution in [0, 0.1) is 0 Å². The third kappa shape index (κ3) is 2.17. The standard InChI is InChI=1S/C10H9BrN2O2S/c1-5(10(14)15)9-12-4-6(13-9)7-2-3-8(11)16-7/h2-5H,1H3,(H,12,13)(H,14,15). The minimum absolute atomic E-state index is 0.479. The van der Waals surface area contributed by atoms with Crippen molar-refractivity contribution in [2.75, 3.05) is 0 Å². The lowest BCUT2D eigenvalue weighted by atomic mass is 10.2. The Bertz CT molecular complexity index is 520. The predicted octanol–water partition coefficient (Wildman–Crippen LogP) is 3.09. The zero-order valence-corrected chi connectivity index (χ0v) is 10.8. The van der Waals surface area contributed by atoms with E-state index in [-0.39, 0.29) is 0 Å². The molecule has 0 radical (unpaired) electrons. The first-order valence-corrected chi connectivity index (χ1v) is 6.22. The monoisotopic (exact) mass is 300 g/mol. The van der Waals surface area contributed by atoms with E-state index in [0.717, 1.165) is 14.4 Å². The molecule has 1 atom stereocenters. The maximum Gasteiger partial charge on any atom is 0.313 e. The Balaban J connectivity index is 2.29. The lowest BCUT2D eigenvalue weighted by molar-refractivity contribution is -0.138. The van der Waals surface area contributed by atoms with Crippen LogP contribution in [0.25, 0.3) is 10.6 Å². The minimum atomic E-state index is -0.881. The number of aromatic nitrogens is 2. The molecule has 0 aromatic carbocycles. The second kappa shape index (κ2) is 4.39. The Labute approximate surface area is 104 Å². The fraction of sp³-hybridized carbons (Fsp3) is 0.200. The van der Waals surface area contributed by atoms with Gasteiger partial charge in [0.15, 0.2) is 0 Å². The molecule has 6 heteroatoms. The average molecular weight is 301 g/mol. The highest BCUT2D eigenvalue weighted by atomic mass is 79.9. The Hall–Kier alpha value is -1.14. The van der Waals surface area contributed by atoms with Crippen molar-refractivity contribution in [3.05, 3.63) is 27.9 Å². The summed E-state index contributed by atoms with van der Waals surface area (Å²) >= 11 is 4.95. The summed E-state index contributed by atoms with van der Waals surface area (Å²) in [6.45, 7) is 1.61. The van der Waals surface area contributed by atoms with E-state index in [1.807, 2.05) is 12.1 Å². The number of hydrogen-bond acceptors (Lipinski definition) is 3. The van der Waals surface area contributed by atoms with Crippen molar-refractivity contribution in [2.45, 2.75) is 12.8 Å². The van der Waals surface area contributed by atoms with Crippen LogP contribution in [0.5, 0.6) is 0 Å². The number of H-pyrrole nitrogens is 1. The first-order chi connectivity index (χ1) is 7.58. The number of thiophene rings is 1. The molecule has 0 bridgehead atoms. The van der Waals surface area contributed by atoms with Crippen LogP contribution in [0.15, 0.2) is 22.1 Å². The molecule has 2 aromatic rings. The van der Waals surface area contributed by atoms with Crippen LogP contribution in [-0.2, 0) is 4.79 Å². The summed E-state index contributed by atoms with van der Waals surface area (Å²) in [5.41, 5.74) is 0.846. The molecule has 1 unspecified atom stereocenters. The first-order valence-electron chi connectivity index (χ1n) is 4.61. The SMILES string of the molecule is CC(C(=O)O)c1ncc(-c2ccc(Br)s2)[nH]1. The molecule has 0 saturated carbocycles. The van der Waals surface area contributed by atoms with E-state index in [1.54, 1.807) is 24.5 Å². The van der Waals surface area contributed by atoms with Crippen molar-refractivity contribution >= 4 is 33.2 Å². The quantitative estimate of drug-likeness (QED) is 0.915. The lowest BCUT2D eigenvalue weighted by Crippen LogP contribution is -2.08. The minimum Gasteiger partial charge on any atom is -0.481 e. The molecule has 0 aliphatic carbocycles. The molecule has 0 fully saturated rings. The van der Waals surface area contributed by atoms with Gasteiger partial charge in [0.1, 0.15) is 11.7 Å². The van der Waals surface area contributed by atoms with E-state index in [9.17, 15) is 4.79 Å². The van der Waals surface area contributed by atoms with Crippen molar-refractivity contribution < 1.29 is 9.90 Å². The van der Waals surface area contributed by atoms with Crippen molar-refractivity contribution in [3.8, 4) is 10.6 Å². The van der Waals surface area contributed by atoms with Gasteiger partial charge in [-0.1, -0.05) is 0 Å². The maximum atomic E-state index is 10.8. The van der Waals surface area contributed by atoms with Crippen LogP contribution in [0.4, 0.5) is 0 Å². The van der Waals surface area contributed by atoms with Gasteiger partial charge in [-0.15, -0.1) is 11.3 Å². The van der Waals surface area contributed by atoms with Gasteiger partial charge < -0.3 is 10.1 Å². The molecule has 2 aromatic heterocycles. The zero-order valence-electron chi connectivity index (χ0n) is 8.40. The molecule has 0 saturated heterocycles. The summed E-state index contributed by atoms with van der Waals surface area (Å²) < 4.78 is 1.03. The summed E-state index contributed by atoms with van der Waals surface area (Å²) in [6, 6.07) is 3.90. The first kappa shape index (κ1) is 11.3. The maximum absolute atomic E-state index is 10.8. The third-order valence-electron chi connectivity index (χ3n) is 2.21. The molecule has 4 nitrogen and oxygen atoms in total. The van der Waals surface area contributed by atoms with Crippen LogP contribution in [-0.4, -0.2) is 21.0 Å². The van der Waals surface area contributed by atoms with Crippen LogP contribution >= 0.6 is 27.3 Å². The van der Waals surface area contributed by atoms with Gasteiger partial charge in [0.05, 0.1) is 20.6 Å². The van der Waals surface area contributed by atoms with E-state index in [1.165, 1.54) is 0 Å². The second-order valence-corrected chi connectivity index (χ2v) is 5.81. The van der Waals surface area contributed by atoms with E-state index >= 15 is 0 Å². The van der Waals surface area contributed by atoms with Gasteiger partial charge in [-0.2, -0.15) is 0 Å². The molecule has 2 rings (SSSR count). The molecule has 16 heavy (non-hydrogen) atoms. The van der Waals surface area contributed by atoms with Gasteiger partial charge in [0.25, 0.3) is 0 Å². The number of carboxylic acids is 1. The topological polar surface area (TPSA) is 66.0 Å². The summed E-state index contributed by atoms with van der Waals surface area (Å²) in [5, 5.41) is 8.85. The van der Waals surface area contributed by atoms with Crippen LogP contribution in [0.3, 0.4) is 0 Å². The fourth-order valence-corrected chi connectivity index (χ4v) is 2.61. The van der Waals surface area contributed by atoms with E-state index < -0.39 is 11.9 Å². The number of aliphatic carboxylic acids is 1. The van der Waals surface area contributed by atoms with Gasteiger partial charge in [0.2, 0.25) is 0 Å². The van der Waals surface area contributed by atoms with Crippen molar-refractivity contribution in [1.82, 2.24) is 9.97 Å². The van der Waals surface area contributed by atoms with Crippen molar-refractivity contribution in [1.29, 1.82) is 0 Å². The summed E-state index contributed by atoms with van der Waals surface area (Å²) in [7, 11) is 0. The van der Waals surface area contributed by atoms with E-state index in [2.05, 4.69) is 25.9 Å². The number of halogens is 1. The number of hydrogen-bond donors (Lipinski definition) is 2. The van der Waals surface area contributed by atoms with Gasteiger partial charge >= 0.3 is 5.97 Å². The highest BCUT2D eigenvalue weighted by molar-refractivity contribution is 9.11. The van der Waals surface area contributed by atoms with E-state index in [4.69, 9.17) is 5.11 Å². The van der Waals surface area contributed by atoms with Crippen LogP contribution in [0.2, 0.25) is 0 Å². The average Bonchev–Trinajstić information content (AvgIpc) is 2.84. The smallest absolute Gasteiger partial charge is 0.313 e. The lowest BCUT2D eigenvalue weighted by Gasteiger charge is -2.00. The molecular formula is C10H9BrN2O2S. The number of nitrogens with one attached hydrogen (secondary N) is 1. The van der Waals surface area contributed by atoms with Crippen molar-refractivity contribution in [2.24, 2.45) is 0 Å². The molecule has 0 aliphatic heterocycles. The number of carbonyl (C=O) groups is 1. The Morgan fingerprint density at radius 2 is 2.38 bits per heavy atom. The summed E-state index contributed by atoms with van der Waals surface area (Å²) in [5.74, 6) is -1.02. The number of rotatable bonds is 3. The number of carboxylic acid groups (broad SMARTS) is 1. The van der Waals surface area contributed by atoms with Gasteiger partial charge in [-0.25, -0.2) is 4.98 Å². The molecule has 0 amide bonds. The Morgan fingerprint density at radius 1 is 1.62 bits per heavy atom. The number of imidazole rings is 1. The largest absolute Gasteiger partial charge is 0.481 e. The Kier molecular flexibility index (Phi) is 3.11. The highest BCUT2D eigenvalue weighted by Gasteiger charge is 2.17. The predicted molar refractivity (Wildman–Crippen MR) is 65.7 cm³/mol. The van der Waals surface area contributed by atoms with Crippen molar-refractivity contribution in [3.63, 3.8) is 0 Å². The number of aromatic amines is 1. The van der Waals surface area contributed by atoms with Gasteiger partial charge in [-0.05, 0) is 35.0 Å². The molecule has 0 aliphatic rings. The van der Waals surface area contributed by atoms with E-state index in [0.29, 0.717) is 5.82 Å². The number of nitrogens with zero attached hydrogens (tertiary/aromatic N) is 1.